The zero-order valence-electron chi connectivity index (χ0n) is 14.3. The zero-order valence-corrected chi connectivity index (χ0v) is 15.9. The molecule has 25 heavy (non-hydrogen) atoms. The van der Waals surface area contributed by atoms with Crippen LogP contribution in [0.2, 0.25) is 5.02 Å². The number of carbonyl (C=O) groups excluding carboxylic acids is 1. The van der Waals surface area contributed by atoms with E-state index in [-0.39, 0.29) is 24.4 Å². The first-order valence-electron chi connectivity index (χ1n) is 8.40. The van der Waals surface area contributed by atoms with Gasteiger partial charge in [-0.3, -0.25) is 4.79 Å². The smallest absolute Gasteiger partial charge is 0.289 e. The van der Waals surface area contributed by atoms with E-state index in [0.29, 0.717) is 42.6 Å². The molecule has 2 heterocycles. The second kappa shape index (κ2) is 8.90. The Labute approximate surface area is 158 Å². The molecule has 138 valence electrons. The summed E-state index contributed by atoms with van der Waals surface area (Å²) in [6.45, 7) is 4.59. The van der Waals surface area contributed by atoms with Gasteiger partial charge < -0.3 is 19.8 Å². The van der Waals surface area contributed by atoms with Crippen molar-refractivity contribution in [1.82, 2.24) is 4.90 Å². The molecule has 0 unspecified atom stereocenters. The summed E-state index contributed by atoms with van der Waals surface area (Å²) in [6, 6.07) is 5.56. The second-order valence-corrected chi connectivity index (χ2v) is 6.58. The maximum absolute atomic E-state index is 12.8. The van der Waals surface area contributed by atoms with Crippen molar-refractivity contribution in [2.45, 2.75) is 32.3 Å². The number of para-hydroxylation sites is 1. The van der Waals surface area contributed by atoms with Gasteiger partial charge in [0.15, 0.2) is 11.3 Å². The highest BCUT2D eigenvalue weighted by atomic mass is 35.5. The molecular weight excluding hydrogens is 363 g/mol. The number of halogens is 2. The molecular formula is C18H24Cl2N2O3. The first-order valence-corrected chi connectivity index (χ1v) is 8.78. The molecule has 1 fully saturated rings. The Morgan fingerprint density at radius 3 is 2.76 bits per heavy atom. The lowest BCUT2D eigenvalue weighted by Crippen LogP contribution is -2.41. The molecule has 0 aliphatic carbocycles. The number of amides is 1. The summed E-state index contributed by atoms with van der Waals surface area (Å²) in [5, 5.41) is 1.42. The summed E-state index contributed by atoms with van der Waals surface area (Å²) in [4.78, 5) is 14.6. The first-order chi connectivity index (χ1) is 11.6. The van der Waals surface area contributed by atoms with Gasteiger partial charge in [0, 0.05) is 30.6 Å². The number of carbonyl (C=O) groups is 1. The second-order valence-electron chi connectivity index (χ2n) is 6.18. The van der Waals surface area contributed by atoms with Crippen molar-refractivity contribution in [1.29, 1.82) is 0 Å². The van der Waals surface area contributed by atoms with Gasteiger partial charge in [0.05, 0.1) is 11.1 Å². The van der Waals surface area contributed by atoms with E-state index in [2.05, 4.69) is 0 Å². The van der Waals surface area contributed by atoms with E-state index < -0.39 is 0 Å². The van der Waals surface area contributed by atoms with Crippen molar-refractivity contribution in [3.05, 3.63) is 34.5 Å². The van der Waals surface area contributed by atoms with Crippen molar-refractivity contribution in [2.75, 3.05) is 26.2 Å². The van der Waals surface area contributed by atoms with Gasteiger partial charge in [-0.15, -0.1) is 12.4 Å². The van der Waals surface area contributed by atoms with Crippen molar-refractivity contribution < 1.29 is 13.9 Å². The fourth-order valence-electron chi connectivity index (χ4n) is 3.12. The van der Waals surface area contributed by atoms with Gasteiger partial charge in [-0.05, 0) is 38.8 Å². The maximum atomic E-state index is 12.8. The standard InChI is InChI=1S/C18H23ClN2O3.ClH/c1-12-14-4-2-5-15(19)17(14)24-16(12)18(22)21-9-6-13(7-10-21)23-11-3-8-20;/h2,4-5,13H,3,6-11,20H2,1H3;1H. The molecule has 0 spiro atoms. The number of nitrogens with two attached hydrogens (primary N) is 1. The Morgan fingerprint density at radius 1 is 1.40 bits per heavy atom. The molecule has 1 aromatic carbocycles. The molecule has 0 atom stereocenters. The number of benzene rings is 1. The lowest BCUT2D eigenvalue weighted by atomic mass is 10.1. The Balaban J connectivity index is 0.00000225. The van der Waals surface area contributed by atoms with E-state index in [0.717, 1.165) is 30.2 Å². The van der Waals surface area contributed by atoms with Crippen LogP contribution in [0.5, 0.6) is 0 Å². The number of ether oxygens (including phenoxy) is 1. The fourth-order valence-corrected chi connectivity index (χ4v) is 3.33. The Morgan fingerprint density at radius 2 is 2.12 bits per heavy atom. The van der Waals surface area contributed by atoms with E-state index in [1.807, 2.05) is 24.0 Å². The maximum Gasteiger partial charge on any atom is 0.289 e. The Hall–Kier alpha value is -1.27. The van der Waals surface area contributed by atoms with Crippen molar-refractivity contribution in [2.24, 2.45) is 5.73 Å². The number of piperidine rings is 1. The van der Waals surface area contributed by atoms with Crippen LogP contribution in [0.4, 0.5) is 0 Å². The molecule has 1 aromatic heterocycles. The number of fused-ring (bicyclic) bond motifs is 1. The topological polar surface area (TPSA) is 68.7 Å². The highest BCUT2D eigenvalue weighted by Gasteiger charge is 2.28. The van der Waals surface area contributed by atoms with Crippen LogP contribution >= 0.6 is 24.0 Å². The van der Waals surface area contributed by atoms with Crippen LogP contribution in [0.3, 0.4) is 0 Å². The van der Waals surface area contributed by atoms with Gasteiger partial charge in [-0.1, -0.05) is 23.7 Å². The molecule has 2 aromatic rings. The van der Waals surface area contributed by atoms with E-state index in [9.17, 15) is 4.79 Å². The van der Waals surface area contributed by atoms with E-state index in [1.165, 1.54) is 0 Å². The molecule has 1 amide bonds. The van der Waals surface area contributed by atoms with Crippen LogP contribution < -0.4 is 5.73 Å². The van der Waals surface area contributed by atoms with Crippen LogP contribution in [-0.2, 0) is 4.74 Å². The highest BCUT2D eigenvalue weighted by molar-refractivity contribution is 6.35. The lowest BCUT2D eigenvalue weighted by Gasteiger charge is -2.31. The summed E-state index contributed by atoms with van der Waals surface area (Å²) in [6.07, 6.45) is 2.77. The monoisotopic (exact) mass is 386 g/mol. The Bertz CT molecular complexity index is 724. The van der Waals surface area contributed by atoms with Crippen molar-refractivity contribution in [3.8, 4) is 0 Å². The third kappa shape index (κ3) is 4.29. The van der Waals surface area contributed by atoms with Crippen LogP contribution in [0.15, 0.2) is 22.6 Å². The largest absolute Gasteiger partial charge is 0.449 e. The third-order valence-corrected chi connectivity index (χ3v) is 4.84. The van der Waals surface area contributed by atoms with Gasteiger partial charge in [0.2, 0.25) is 0 Å². The minimum absolute atomic E-state index is 0. The van der Waals surface area contributed by atoms with Gasteiger partial charge in [-0.2, -0.15) is 0 Å². The number of rotatable bonds is 5. The van der Waals surface area contributed by atoms with Crippen LogP contribution in [0.25, 0.3) is 11.0 Å². The third-order valence-electron chi connectivity index (χ3n) is 4.54. The quantitative estimate of drug-likeness (QED) is 0.793. The zero-order chi connectivity index (χ0) is 17.1. The Kier molecular flexibility index (Phi) is 7.14. The normalized spacial score (nSPS) is 15.4. The predicted octanol–water partition coefficient (Wildman–Crippen LogP) is 3.79. The SMILES string of the molecule is Cc1c(C(=O)N2CCC(OCCCN)CC2)oc2c(Cl)cccc12.Cl. The van der Waals surface area contributed by atoms with Gasteiger partial charge in [-0.25, -0.2) is 0 Å². The summed E-state index contributed by atoms with van der Waals surface area (Å²) in [5.74, 6) is 0.320. The summed E-state index contributed by atoms with van der Waals surface area (Å²) in [7, 11) is 0. The van der Waals surface area contributed by atoms with Gasteiger partial charge >= 0.3 is 0 Å². The van der Waals surface area contributed by atoms with E-state index >= 15 is 0 Å². The van der Waals surface area contributed by atoms with Crippen LogP contribution in [0, 0.1) is 6.92 Å². The molecule has 0 saturated carbocycles. The lowest BCUT2D eigenvalue weighted by molar-refractivity contribution is 0.00767. The molecule has 1 saturated heterocycles. The predicted molar refractivity (Wildman–Crippen MR) is 102 cm³/mol. The molecule has 5 nitrogen and oxygen atoms in total. The van der Waals surface area contributed by atoms with E-state index in [4.69, 9.17) is 26.5 Å². The molecule has 3 rings (SSSR count). The molecule has 2 N–H and O–H groups in total. The number of furan rings is 1. The highest BCUT2D eigenvalue weighted by Crippen LogP contribution is 2.31. The minimum atomic E-state index is -0.0693. The van der Waals surface area contributed by atoms with Crippen LogP contribution in [0.1, 0.15) is 35.4 Å². The number of hydrogen-bond donors (Lipinski definition) is 1. The number of nitrogens with zero attached hydrogens (tertiary/aromatic N) is 1. The average Bonchev–Trinajstić information content (AvgIpc) is 2.94. The van der Waals surface area contributed by atoms with E-state index in [1.54, 1.807) is 6.07 Å². The van der Waals surface area contributed by atoms with Crippen molar-refractivity contribution >= 4 is 40.9 Å². The fraction of sp³-hybridized carbons (Fsp3) is 0.500. The number of aryl methyl sites for hydroxylation is 1. The summed E-state index contributed by atoms with van der Waals surface area (Å²) < 4.78 is 11.6. The number of likely N-dealkylation sites (tertiary alicyclic amines) is 1. The molecule has 1 aliphatic rings. The van der Waals surface area contributed by atoms with Gasteiger partial charge in [0.1, 0.15) is 0 Å². The average molecular weight is 387 g/mol. The summed E-state index contributed by atoms with van der Waals surface area (Å²) in [5.41, 5.74) is 6.90. The molecule has 1 aliphatic heterocycles. The molecule has 7 heteroatoms. The van der Waals surface area contributed by atoms with Gasteiger partial charge in [0.25, 0.3) is 5.91 Å². The molecule has 0 radical (unpaired) electrons. The molecule has 0 bridgehead atoms. The van der Waals surface area contributed by atoms with Crippen molar-refractivity contribution in [3.63, 3.8) is 0 Å². The minimum Gasteiger partial charge on any atom is -0.449 e. The van der Waals surface area contributed by atoms with Crippen LogP contribution in [-0.4, -0.2) is 43.2 Å². The first kappa shape index (κ1) is 20.0. The number of hydrogen-bond acceptors (Lipinski definition) is 4. The summed E-state index contributed by atoms with van der Waals surface area (Å²) >= 11 is 6.17.